The van der Waals surface area contributed by atoms with Gasteiger partial charge in [0.25, 0.3) is 0 Å². The SMILES string of the molecule is CCOc1cc(C2C(=N)NC(=O)N2CC(C)C)ccc1O. The number of nitrogens with zero attached hydrogens (tertiary/aromatic N) is 1. The number of nitrogens with one attached hydrogen (secondary N) is 2. The molecule has 1 saturated heterocycles. The molecule has 1 heterocycles. The Morgan fingerprint density at radius 2 is 2.19 bits per heavy atom. The maximum absolute atomic E-state index is 12.0. The average molecular weight is 291 g/mol. The van der Waals surface area contributed by atoms with Crippen LogP contribution in [0.4, 0.5) is 4.79 Å². The summed E-state index contributed by atoms with van der Waals surface area (Å²) in [6.45, 7) is 6.87. The number of carbonyl (C=O) groups is 1. The van der Waals surface area contributed by atoms with E-state index in [1.165, 1.54) is 6.07 Å². The third kappa shape index (κ3) is 3.09. The second kappa shape index (κ2) is 6.03. The molecule has 0 saturated carbocycles. The second-order valence-corrected chi connectivity index (χ2v) is 5.45. The lowest BCUT2D eigenvalue weighted by Crippen LogP contribution is -2.33. The zero-order valence-corrected chi connectivity index (χ0v) is 12.5. The Bertz CT molecular complexity index is 557. The Labute approximate surface area is 124 Å². The lowest BCUT2D eigenvalue weighted by atomic mass is 10.0. The summed E-state index contributed by atoms with van der Waals surface area (Å²) in [5.41, 5.74) is 0.750. The third-order valence-corrected chi connectivity index (χ3v) is 3.25. The molecule has 0 spiro atoms. The highest BCUT2D eigenvalue weighted by molar-refractivity contribution is 6.06. The van der Waals surface area contributed by atoms with E-state index in [0.717, 1.165) is 5.56 Å². The van der Waals surface area contributed by atoms with E-state index in [4.69, 9.17) is 10.1 Å². The van der Waals surface area contributed by atoms with Crippen LogP contribution >= 0.6 is 0 Å². The van der Waals surface area contributed by atoms with Gasteiger partial charge in [-0.15, -0.1) is 0 Å². The van der Waals surface area contributed by atoms with Gasteiger partial charge >= 0.3 is 6.03 Å². The standard InChI is InChI=1S/C15H21N3O3/c1-4-21-12-7-10(5-6-11(12)19)13-14(16)17-15(20)18(13)8-9(2)3/h5-7,9,13,19H,4,8H2,1-3H3,(H2,16,17,20). The van der Waals surface area contributed by atoms with Crippen molar-refractivity contribution in [1.29, 1.82) is 5.41 Å². The van der Waals surface area contributed by atoms with Gasteiger partial charge in [-0.3, -0.25) is 10.7 Å². The Morgan fingerprint density at radius 1 is 1.48 bits per heavy atom. The van der Waals surface area contributed by atoms with Crippen molar-refractivity contribution in [2.24, 2.45) is 5.92 Å². The predicted octanol–water partition coefficient (Wildman–Crippen LogP) is 2.49. The molecule has 2 rings (SSSR count). The summed E-state index contributed by atoms with van der Waals surface area (Å²) in [7, 11) is 0. The maximum atomic E-state index is 12.0. The van der Waals surface area contributed by atoms with E-state index in [9.17, 15) is 9.90 Å². The first-order valence-corrected chi connectivity index (χ1v) is 7.05. The highest BCUT2D eigenvalue weighted by Crippen LogP contribution is 2.33. The first-order chi connectivity index (χ1) is 9.93. The van der Waals surface area contributed by atoms with E-state index in [1.807, 2.05) is 20.8 Å². The quantitative estimate of drug-likeness (QED) is 0.779. The fourth-order valence-corrected chi connectivity index (χ4v) is 2.43. The van der Waals surface area contributed by atoms with Crippen LogP contribution in [0.15, 0.2) is 18.2 Å². The van der Waals surface area contributed by atoms with Crippen molar-refractivity contribution >= 4 is 11.9 Å². The molecule has 3 N–H and O–H groups in total. The van der Waals surface area contributed by atoms with E-state index >= 15 is 0 Å². The van der Waals surface area contributed by atoms with Gasteiger partial charge in [0, 0.05) is 6.54 Å². The number of ether oxygens (including phenoxy) is 1. The zero-order valence-electron chi connectivity index (χ0n) is 12.5. The third-order valence-electron chi connectivity index (χ3n) is 3.25. The molecule has 1 aromatic carbocycles. The monoisotopic (exact) mass is 291 g/mol. The summed E-state index contributed by atoms with van der Waals surface area (Å²) in [5, 5.41) is 20.3. The van der Waals surface area contributed by atoms with Gasteiger partial charge in [-0.25, -0.2) is 4.79 Å². The number of urea groups is 1. The molecule has 0 bridgehead atoms. The van der Waals surface area contributed by atoms with Gasteiger partial charge in [0.05, 0.1) is 6.61 Å². The number of amidine groups is 1. The number of amides is 2. The van der Waals surface area contributed by atoms with Gasteiger partial charge in [0.2, 0.25) is 0 Å². The number of phenols is 1. The van der Waals surface area contributed by atoms with Crippen molar-refractivity contribution in [2.75, 3.05) is 13.2 Å². The number of benzene rings is 1. The second-order valence-electron chi connectivity index (χ2n) is 5.45. The summed E-state index contributed by atoms with van der Waals surface area (Å²) in [6.07, 6.45) is 0. The van der Waals surface area contributed by atoms with Gasteiger partial charge in [0.1, 0.15) is 11.9 Å². The molecule has 0 aromatic heterocycles. The Balaban J connectivity index is 2.35. The number of carbonyl (C=O) groups excluding carboxylic acids is 1. The molecule has 114 valence electrons. The van der Waals surface area contributed by atoms with Crippen LogP contribution in [0.3, 0.4) is 0 Å². The predicted molar refractivity (Wildman–Crippen MR) is 79.8 cm³/mol. The largest absolute Gasteiger partial charge is 0.504 e. The molecule has 6 heteroatoms. The van der Waals surface area contributed by atoms with Gasteiger partial charge in [0.15, 0.2) is 11.5 Å². The van der Waals surface area contributed by atoms with Crippen molar-refractivity contribution in [1.82, 2.24) is 10.2 Å². The first kappa shape index (κ1) is 15.2. The summed E-state index contributed by atoms with van der Waals surface area (Å²) in [4.78, 5) is 13.6. The van der Waals surface area contributed by atoms with Crippen molar-refractivity contribution < 1.29 is 14.6 Å². The molecular weight excluding hydrogens is 270 g/mol. The molecule has 2 amide bonds. The molecule has 0 aliphatic carbocycles. The molecule has 21 heavy (non-hydrogen) atoms. The molecule has 1 aromatic rings. The van der Waals surface area contributed by atoms with E-state index in [-0.39, 0.29) is 17.6 Å². The molecule has 1 fully saturated rings. The number of aromatic hydroxyl groups is 1. The Kier molecular flexibility index (Phi) is 4.35. The molecule has 1 atom stereocenters. The Morgan fingerprint density at radius 3 is 2.81 bits per heavy atom. The fraction of sp³-hybridized carbons (Fsp3) is 0.467. The van der Waals surface area contributed by atoms with Crippen molar-refractivity contribution in [3.8, 4) is 11.5 Å². The number of hydrogen-bond acceptors (Lipinski definition) is 4. The molecule has 1 unspecified atom stereocenters. The first-order valence-electron chi connectivity index (χ1n) is 7.05. The topological polar surface area (TPSA) is 85.7 Å². The van der Waals surface area contributed by atoms with Crippen LogP contribution in [0.5, 0.6) is 11.5 Å². The maximum Gasteiger partial charge on any atom is 0.323 e. The van der Waals surface area contributed by atoms with E-state index in [2.05, 4.69) is 5.32 Å². The van der Waals surface area contributed by atoms with Gasteiger partial charge in [-0.05, 0) is 30.5 Å². The molecule has 1 aliphatic heterocycles. The summed E-state index contributed by atoms with van der Waals surface area (Å²) in [5.74, 6) is 0.868. The van der Waals surface area contributed by atoms with Gasteiger partial charge in [-0.1, -0.05) is 19.9 Å². The summed E-state index contributed by atoms with van der Waals surface area (Å²) in [6, 6.07) is 4.21. The molecule has 1 aliphatic rings. The molecular formula is C15H21N3O3. The van der Waals surface area contributed by atoms with Gasteiger partial charge < -0.3 is 14.7 Å². The average Bonchev–Trinajstić information content (AvgIpc) is 2.67. The molecule has 0 radical (unpaired) electrons. The summed E-state index contributed by atoms with van der Waals surface area (Å²) < 4.78 is 5.37. The number of hydrogen-bond donors (Lipinski definition) is 3. The minimum atomic E-state index is -0.459. The zero-order chi connectivity index (χ0) is 15.6. The fourth-order valence-electron chi connectivity index (χ4n) is 2.43. The highest BCUT2D eigenvalue weighted by atomic mass is 16.5. The minimum absolute atomic E-state index is 0.0554. The van der Waals surface area contributed by atoms with Crippen LogP contribution in [0, 0.1) is 11.3 Å². The van der Waals surface area contributed by atoms with Crippen LogP contribution in [0.25, 0.3) is 0 Å². The minimum Gasteiger partial charge on any atom is -0.504 e. The van der Waals surface area contributed by atoms with E-state index in [1.54, 1.807) is 17.0 Å². The van der Waals surface area contributed by atoms with Crippen LogP contribution in [0.2, 0.25) is 0 Å². The van der Waals surface area contributed by atoms with Gasteiger partial charge in [-0.2, -0.15) is 0 Å². The van der Waals surface area contributed by atoms with Crippen LogP contribution < -0.4 is 10.1 Å². The van der Waals surface area contributed by atoms with Crippen LogP contribution in [-0.4, -0.2) is 35.0 Å². The number of rotatable bonds is 5. The number of phenolic OH excluding ortho intramolecular Hbond substituents is 1. The van der Waals surface area contributed by atoms with Crippen molar-refractivity contribution in [2.45, 2.75) is 26.8 Å². The van der Waals surface area contributed by atoms with E-state index in [0.29, 0.717) is 24.8 Å². The van der Waals surface area contributed by atoms with E-state index < -0.39 is 6.04 Å². The summed E-state index contributed by atoms with van der Waals surface area (Å²) >= 11 is 0. The normalized spacial score (nSPS) is 18.3. The van der Waals surface area contributed by atoms with Crippen molar-refractivity contribution in [3.63, 3.8) is 0 Å². The highest BCUT2D eigenvalue weighted by Gasteiger charge is 2.37. The molecule has 6 nitrogen and oxygen atoms in total. The van der Waals surface area contributed by atoms with Crippen LogP contribution in [-0.2, 0) is 0 Å². The lowest BCUT2D eigenvalue weighted by Gasteiger charge is -2.25. The van der Waals surface area contributed by atoms with Crippen molar-refractivity contribution in [3.05, 3.63) is 23.8 Å². The Hall–Kier alpha value is -2.24. The van der Waals surface area contributed by atoms with Crippen LogP contribution in [0.1, 0.15) is 32.4 Å². The lowest BCUT2D eigenvalue weighted by molar-refractivity contribution is 0.198. The smallest absolute Gasteiger partial charge is 0.323 e.